The Balaban J connectivity index is 1.88. The quantitative estimate of drug-likeness (QED) is 0.656. The van der Waals surface area contributed by atoms with Crippen LogP contribution in [0.2, 0.25) is 0 Å². The molecule has 0 aromatic heterocycles. The first-order valence-electron chi connectivity index (χ1n) is 7.55. The summed E-state index contributed by atoms with van der Waals surface area (Å²) in [5.41, 5.74) is 0. The summed E-state index contributed by atoms with van der Waals surface area (Å²) in [7, 11) is 0. The third kappa shape index (κ3) is 6.42. The molecule has 1 rings (SSSR count). The second kappa shape index (κ2) is 8.10. The van der Waals surface area contributed by atoms with Gasteiger partial charge < -0.3 is 10.2 Å². The van der Waals surface area contributed by atoms with Crippen LogP contribution in [0.4, 0.5) is 0 Å². The third-order valence-corrected chi connectivity index (χ3v) is 4.02. The van der Waals surface area contributed by atoms with Crippen molar-refractivity contribution in [3.05, 3.63) is 0 Å². The smallest absolute Gasteiger partial charge is 0.00103 e. The second-order valence-electron chi connectivity index (χ2n) is 6.24. The monoisotopic (exact) mass is 240 g/mol. The maximum absolute atomic E-state index is 3.48. The molecular weight excluding hydrogens is 208 g/mol. The molecule has 2 nitrogen and oxygen atoms in total. The van der Waals surface area contributed by atoms with E-state index < -0.39 is 0 Å². The van der Waals surface area contributed by atoms with Gasteiger partial charge in [0.05, 0.1) is 0 Å². The number of rotatable bonds is 8. The van der Waals surface area contributed by atoms with Gasteiger partial charge in [0.25, 0.3) is 0 Å². The van der Waals surface area contributed by atoms with Gasteiger partial charge in [-0.25, -0.2) is 0 Å². The Morgan fingerprint density at radius 3 is 2.18 bits per heavy atom. The number of likely N-dealkylation sites (tertiary alicyclic amines) is 1. The lowest BCUT2D eigenvalue weighted by Gasteiger charge is -2.15. The topological polar surface area (TPSA) is 15.3 Å². The van der Waals surface area contributed by atoms with Crippen LogP contribution >= 0.6 is 0 Å². The third-order valence-electron chi connectivity index (χ3n) is 4.02. The van der Waals surface area contributed by atoms with Crippen molar-refractivity contribution in [1.82, 2.24) is 10.2 Å². The number of unbranched alkanes of at least 4 members (excludes halogenated alkanes) is 3. The van der Waals surface area contributed by atoms with Crippen molar-refractivity contribution in [2.75, 3.05) is 26.2 Å². The van der Waals surface area contributed by atoms with Crippen LogP contribution in [0.15, 0.2) is 0 Å². The van der Waals surface area contributed by atoms with Crippen molar-refractivity contribution in [2.24, 2.45) is 11.8 Å². The van der Waals surface area contributed by atoms with E-state index in [0.29, 0.717) is 6.04 Å². The first kappa shape index (κ1) is 15.0. The number of nitrogens with zero attached hydrogens (tertiary/aromatic N) is 1. The molecule has 0 amide bonds. The van der Waals surface area contributed by atoms with Gasteiger partial charge in [-0.1, -0.05) is 40.5 Å². The first-order chi connectivity index (χ1) is 8.09. The molecule has 0 radical (unpaired) electrons. The summed E-state index contributed by atoms with van der Waals surface area (Å²) in [6.07, 6.45) is 5.52. The highest BCUT2D eigenvalue weighted by molar-refractivity contribution is 4.78. The predicted molar refractivity (Wildman–Crippen MR) is 76.4 cm³/mol. The van der Waals surface area contributed by atoms with Gasteiger partial charge in [0, 0.05) is 19.1 Å². The van der Waals surface area contributed by atoms with Gasteiger partial charge in [-0.3, -0.25) is 0 Å². The first-order valence-corrected chi connectivity index (χ1v) is 7.55. The Bertz CT molecular complexity index is 181. The summed E-state index contributed by atoms with van der Waals surface area (Å²) in [6, 6.07) is 0.641. The van der Waals surface area contributed by atoms with Crippen LogP contribution in [0.1, 0.15) is 53.4 Å². The van der Waals surface area contributed by atoms with Crippen molar-refractivity contribution in [2.45, 2.75) is 59.4 Å². The van der Waals surface area contributed by atoms with Crippen LogP contribution in [0.5, 0.6) is 0 Å². The summed E-state index contributed by atoms with van der Waals surface area (Å²) in [5.74, 6) is 1.82. The van der Waals surface area contributed by atoms with E-state index in [4.69, 9.17) is 0 Å². The molecule has 0 spiro atoms. The molecule has 102 valence electrons. The van der Waals surface area contributed by atoms with Crippen molar-refractivity contribution >= 4 is 0 Å². The molecular formula is C15H32N2. The van der Waals surface area contributed by atoms with Crippen molar-refractivity contribution in [1.29, 1.82) is 0 Å². The Morgan fingerprint density at radius 2 is 1.59 bits per heavy atom. The average Bonchev–Trinajstić information content (AvgIpc) is 2.56. The Labute approximate surface area is 108 Å². The molecule has 17 heavy (non-hydrogen) atoms. The van der Waals surface area contributed by atoms with E-state index in [1.807, 2.05) is 0 Å². The molecule has 0 aromatic carbocycles. The SMILES string of the molecule is CC(C)NCCCCCCN1CC(C)C(C)C1. The van der Waals surface area contributed by atoms with Gasteiger partial charge in [0.2, 0.25) is 0 Å². The van der Waals surface area contributed by atoms with E-state index in [9.17, 15) is 0 Å². The summed E-state index contributed by atoms with van der Waals surface area (Å²) >= 11 is 0. The molecule has 1 aliphatic heterocycles. The van der Waals surface area contributed by atoms with E-state index in [0.717, 1.165) is 11.8 Å². The molecule has 0 bridgehead atoms. The normalized spacial score (nSPS) is 25.9. The minimum Gasteiger partial charge on any atom is -0.315 e. The highest BCUT2D eigenvalue weighted by atomic mass is 15.1. The van der Waals surface area contributed by atoms with Crippen LogP contribution in [0, 0.1) is 11.8 Å². The van der Waals surface area contributed by atoms with Gasteiger partial charge >= 0.3 is 0 Å². The van der Waals surface area contributed by atoms with Crippen LogP contribution in [0.3, 0.4) is 0 Å². The van der Waals surface area contributed by atoms with Crippen LogP contribution in [-0.2, 0) is 0 Å². The number of nitrogens with one attached hydrogen (secondary N) is 1. The zero-order valence-corrected chi connectivity index (χ0v) is 12.3. The Hall–Kier alpha value is -0.0800. The highest BCUT2D eigenvalue weighted by Crippen LogP contribution is 2.22. The lowest BCUT2D eigenvalue weighted by molar-refractivity contribution is 0.314. The maximum Gasteiger partial charge on any atom is 0.00103 e. The fraction of sp³-hybridized carbons (Fsp3) is 1.00. The number of hydrogen-bond acceptors (Lipinski definition) is 2. The van der Waals surface area contributed by atoms with Crippen molar-refractivity contribution in [3.63, 3.8) is 0 Å². The van der Waals surface area contributed by atoms with E-state index >= 15 is 0 Å². The molecule has 1 aliphatic rings. The van der Waals surface area contributed by atoms with Gasteiger partial charge in [-0.2, -0.15) is 0 Å². The molecule has 1 fully saturated rings. The maximum atomic E-state index is 3.48. The molecule has 2 atom stereocenters. The average molecular weight is 240 g/mol. The number of hydrogen-bond donors (Lipinski definition) is 1. The summed E-state index contributed by atoms with van der Waals surface area (Å²) in [5, 5.41) is 3.48. The van der Waals surface area contributed by atoms with Gasteiger partial charge in [-0.15, -0.1) is 0 Å². The molecule has 1 N–H and O–H groups in total. The minimum absolute atomic E-state index is 0.641. The van der Waals surface area contributed by atoms with Crippen molar-refractivity contribution in [3.8, 4) is 0 Å². The lowest BCUT2D eigenvalue weighted by Crippen LogP contribution is -2.24. The fourth-order valence-corrected chi connectivity index (χ4v) is 2.64. The molecule has 0 aliphatic carbocycles. The Morgan fingerprint density at radius 1 is 1.00 bits per heavy atom. The highest BCUT2D eigenvalue weighted by Gasteiger charge is 2.24. The second-order valence-corrected chi connectivity index (χ2v) is 6.24. The summed E-state index contributed by atoms with van der Waals surface area (Å²) < 4.78 is 0. The molecule has 2 unspecified atom stereocenters. The zero-order valence-electron chi connectivity index (χ0n) is 12.3. The summed E-state index contributed by atoms with van der Waals surface area (Å²) in [4.78, 5) is 2.65. The molecule has 2 heteroatoms. The molecule has 0 aromatic rings. The molecule has 0 saturated carbocycles. The van der Waals surface area contributed by atoms with E-state index in [-0.39, 0.29) is 0 Å². The van der Waals surface area contributed by atoms with Crippen LogP contribution < -0.4 is 5.32 Å². The largest absolute Gasteiger partial charge is 0.315 e. The van der Waals surface area contributed by atoms with Crippen LogP contribution in [0.25, 0.3) is 0 Å². The van der Waals surface area contributed by atoms with E-state index in [1.54, 1.807) is 0 Å². The van der Waals surface area contributed by atoms with Gasteiger partial charge in [0.1, 0.15) is 0 Å². The van der Waals surface area contributed by atoms with E-state index in [1.165, 1.54) is 51.9 Å². The lowest BCUT2D eigenvalue weighted by atomic mass is 10.0. The fourth-order valence-electron chi connectivity index (χ4n) is 2.64. The molecule has 1 saturated heterocycles. The van der Waals surface area contributed by atoms with E-state index in [2.05, 4.69) is 37.9 Å². The molecule has 1 heterocycles. The summed E-state index contributed by atoms with van der Waals surface area (Å²) in [6.45, 7) is 14.4. The minimum atomic E-state index is 0.641. The van der Waals surface area contributed by atoms with Crippen LogP contribution in [-0.4, -0.2) is 37.1 Å². The van der Waals surface area contributed by atoms with Crippen molar-refractivity contribution < 1.29 is 0 Å². The van der Waals surface area contributed by atoms with Gasteiger partial charge in [0.15, 0.2) is 0 Å². The Kier molecular flexibility index (Phi) is 7.14. The zero-order chi connectivity index (χ0) is 12.7. The predicted octanol–water partition coefficient (Wildman–Crippen LogP) is 3.13. The van der Waals surface area contributed by atoms with Gasteiger partial charge in [-0.05, 0) is 37.8 Å². The standard InChI is InChI=1S/C15H32N2/c1-13(2)16-9-7-5-6-8-10-17-11-14(3)15(4)12-17/h13-16H,5-12H2,1-4H3.